The van der Waals surface area contributed by atoms with Crippen LogP contribution in [0.4, 0.5) is 0 Å². The molecule has 1 unspecified atom stereocenters. The molecule has 0 spiro atoms. The van der Waals surface area contributed by atoms with Gasteiger partial charge < -0.3 is 14.2 Å². The number of esters is 3. The molecule has 0 aliphatic carbocycles. The van der Waals surface area contributed by atoms with Crippen molar-refractivity contribution in [1.82, 2.24) is 0 Å². The molecule has 6 heteroatoms. The van der Waals surface area contributed by atoms with Crippen LogP contribution in [-0.4, -0.2) is 37.2 Å². The van der Waals surface area contributed by atoms with Crippen LogP contribution in [0.5, 0.6) is 0 Å². The highest BCUT2D eigenvalue weighted by molar-refractivity contribution is 5.71. The molecule has 0 saturated heterocycles. The molecule has 0 fully saturated rings. The normalized spacial score (nSPS) is 12.2. The first-order chi connectivity index (χ1) is 40.5. The Balaban J connectivity index is 4.11. The lowest BCUT2D eigenvalue weighted by atomic mass is 10.0. The number of unbranched alkanes of at least 4 members (excludes halogenated alkanes) is 52. The van der Waals surface area contributed by atoms with Crippen LogP contribution in [0.15, 0.2) is 36.5 Å². The summed E-state index contributed by atoms with van der Waals surface area (Å²) < 4.78 is 17.0. The minimum atomic E-state index is -0.772. The summed E-state index contributed by atoms with van der Waals surface area (Å²) in [4.78, 5) is 38.4. The van der Waals surface area contributed by atoms with Crippen LogP contribution in [0.3, 0.4) is 0 Å². The first kappa shape index (κ1) is 79.6. The van der Waals surface area contributed by atoms with Gasteiger partial charge in [0.15, 0.2) is 6.10 Å². The average molecular weight is 1150 g/mol. The van der Waals surface area contributed by atoms with E-state index in [2.05, 4.69) is 57.2 Å². The fourth-order valence-corrected chi connectivity index (χ4v) is 11.3. The summed E-state index contributed by atoms with van der Waals surface area (Å²) in [6.07, 6.45) is 89.2. The van der Waals surface area contributed by atoms with Gasteiger partial charge in [0.05, 0.1) is 0 Å². The van der Waals surface area contributed by atoms with E-state index in [9.17, 15) is 14.4 Å². The number of hydrogen-bond acceptors (Lipinski definition) is 6. The van der Waals surface area contributed by atoms with E-state index in [1.165, 1.54) is 302 Å². The second-order valence-corrected chi connectivity index (χ2v) is 25.2. The third-order valence-corrected chi connectivity index (χ3v) is 16.9. The van der Waals surface area contributed by atoms with Gasteiger partial charge in [-0.25, -0.2) is 0 Å². The van der Waals surface area contributed by atoms with Crippen molar-refractivity contribution in [3.63, 3.8) is 0 Å². The lowest BCUT2D eigenvalue weighted by molar-refractivity contribution is -0.167. The number of carbonyl (C=O) groups excluding carboxylic acids is 3. The summed E-state index contributed by atoms with van der Waals surface area (Å²) >= 11 is 0. The lowest BCUT2D eigenvalue weighted by Gasteiger charge is -2.18. The molecule has 1 atom stereocenters. The first-order valence-corrected chi connectivity index (χ1v) is 37.0. The molecule has 0 aromatic heterocycles. The average Bonchev–Trinajstić information content (AvgIpc) is 3.48. The topological polar surface area (TPSA) is 78.9 Å². The van der Waals surface area contributed by atoms with Gasteiger partial charge >= 0.3 is 17.9 Å². The van der Waals surface area contributed by atoms with Crippen LogP contribution in [0.25, 0.3) is 0 Å². The Morgan fingerprint density at radius 2 is 0.451 bits per heavy atom. The zero-order valence-corrected chi connectivity index (χ0v) is 55.5. The summed E-state index contributed by atoms with van der Waals surface area (Å²) in [5, 5.41) is 0. The van der Waals surface area contributed by atoms with Gasteiger partial charge in [-0.2, -0.15) is 0 Å². The fourth-order valence-electron chi connectivity index (χ4n) is 11.3. The van der Waals surface area contributed by atoms with Crippen molar-refractivity contribution < 1.29 is 28.6 Å². The van der Waals surface area contributed by atoms with E-state index < -0.39 is 6.10 Å². The Morgan fingerprint density at radius 3 is 0.720 bits per heavy atom. The zero-order chi connectivity index (χ0) is 59.2. The summed E-state index contributed by atoms with van der Waals surface area (Å²) in [7, 11) is 0. The molecule has 0 saturated carbocycles. The van der Waals surface area contributed by atoms with E-state index in [4.69, 9.17) is 14.2 Å². The molecule has 0 radical (unpaired) electrons. The van der Waals surface area contributed by atoms with Crippen molar-refractivity contribution in [3.05, 3.63) is 36.5 Å². The molecular formula is C76H142O6. The maximum atomic E-state index is 12.9. The summed E-state index contributed by atoms with van der Waals surface area (Å²) in [6.45, 7) is 6.66. The molecule has 6 nitrogen and oxygen atoms in total. The van der Waals surface area contributed by atoms with Crippen molar-refractivity contribution in [2.45, 2.75) is 419 Å². The van der Waals surface area contributed by atoms with E-state index in [1.54, 1.807) is 0 Å². The quantitative estimate of drug-likeness (QED) is 0.0261. The van der Waals surface area contributed by atoms with Crippen LogP contribution < -0.4 is 0 Å². The smallest absolute Gasteiger partial charge is 0.306 e. The molecule has 0 rings (SSSR count). The molecule has 0 aromatic rings. The van der Waals surface area contributed by atoms with Crippen molar-refractivity contribution in [3.8, 4) is 0 Å². The largest absolute Gasteiger partial charge is 0.462 e. The van der Waals surface area contributed by atoms with E-state index in [-0.39, 0.29) is 31.1 Å². The summed E-state index contributed by atoms with van der Waals surface area (Å²) in [5.74, 6) is -0.848. The minimum Gasteiger partial charge on any atom is -0.462 e. The van der Waals surface area contributed by atoms with E-state index in [1.807, 2.05) is 0 Å². The molecule has 0 bridgehead atoms. The second-order valence-electron chi connectivity index (χ2n) is 25.2. The third kappa shape index (κ3) is 68.4. The monoisotopic (exact) mass is 1150 g/mol. The van der Waals surface area contributed by atoms with Gasteiger partial charge in [-0.3, -0.25) is 14.4 Å². The Kier molecular flexibility index (Phi) is 69.1. The van der Waals surface area contributed by atoms with Gasteiger partial charge in [0.25, 0.3) is 0 Å². The van der Waals surface area contributed by atoms with Gasteiger partial charge in [0.2, 0.25) is 0 Å². The third-order valence-electron chi connectivity index (χ3n) is 16.9. The maximum Gasteiger partial charge on any atom is 0.306 e. The predicted octanol–water partition coefficient (Wildman–Crippen LogP) is 25.5. The highest BCUT2D eigenvalue weighted by Crippen LogP contribution is 2.19. The second kappa shape index (κ2) is 71.1. The van der Waals surface area contributed by atoms with E-state index in [0.29, 0.717) is 19.3 Å². The predicted molar refractivity (Wildman–Crippen MR) is 358 cm³/mol. The Labute approximate surface area is 512 Å². The summed E-state index contributed by atoms with van der Waals surface area (Å²) in [5.41, 5.74) is 0. The molecular weight excluding hydrogens is 1010 g/mol. The number of carbonyl (C=O) groups is 3. The maximum absolute atomic E-state index is 12.9. The van der Waals surface area contributed by atoms with Crippen LogP contribution in [0.2, 0.25) is 0 Å². The molecule has 482 valence electrons. The Bertz CT molecular complexity index is 1370. The van der Waals surface area contributed by atoms with E-state index in [0.717, 1.165) is 70.6 Å². The Morgan fingerprint density at radius 1 is 0.244 bits per heavy atom. The van der Waals surface area contributed by atoms with Crippen molar-refractivity contribution >= 4 is 17.9 Å². The molecule has 0 aliphatic rings. The highest BCUT2D eigenvalue weighted by Gasteiger charge is 2.19. The van der Waals surface area contributed by atoms with Gasteiger partial charge in [-0.1, -0.05) is 359 Å². The highest BCUT2D eigenvalue weighted by atomic mass is 16.6. The Hall–Kier alpha value is -2.37. The van der Waals surface area contributed by atoms with Crippen LogP contribution in [-0.2, 0) is 28.6 Å². The van der Waals surface area contributed by atoms with Crippen LogP contribution in [0.1, 0.15) is 412 Å². The van der Waals surface area contributed by atoms with Crippen molar-refractivity contribution in [2.75, 3.05) is 13.2 Å². The molecule has 0 heterocycles. The lowest BCUT2D eigenvalue weighted by Crippen LogP contribution is -2.30. The summed E-state index contributed by atoms with van der Waals surface area (Å²) in [6, 6.07) is 0. The zero-order valence-electron chi connectivity index (χ0n) is 55.5. The number of hydrogen-bond donors (Lipinski definition) is 0. The number of rotatable bonds is 69. The van der Waals surface area contributed by atoms with E-state index >= 15 is 0 Å². The standard InChI is InChI=1S/C76H142O6/c1-4-7-10-13-16-19-22-24-26-28-30-32-34-35-36-37-38-39-40-41-42-44-45-47-49-51-54-57-60-63-66-69-75(78)81-72-73(71-80-74(77)68-65-62-59-56-53-21-18-15-12-9-6-3)82-76(79)70-67-64-61-58-55-52-50-48-46-43-33-31-29-27-25-23-20-17-14-11-8-5-2/h15,18,22,24,28,30,73H,4-14,16-17,19-21,23,25-27,29,31-72H2,1-3H3/b18-15-,24-22-,30-28-. The van der Waals surface area contributed by atoms with Gasteiger partial charge in [-0.05, 0) is 70.6 Å². The van der Waals surface area contributed by atoms with Crippen molar-refractivity contribution in [2.24, 2.45) is 0 Å². The first-order valence-electron chi connectivity index (χ1n) is 37.0. The molecule has 0 amide bonds. The molecule has 0 aliphatic heterocycles. The van der Waals surface area contributed by atoms with Crippen LogP contribution >= 0.6 is 0 Å². The van der Waals surface area contributed by atoms with Gasteiger partial charge in [0, 0.05) is 19.3 Å². The molecule has 0 N–H and O–H groups in total. The SMILES string of the molecule is CCCC/C=C\CCCCCCCC(=O)OCC(COC(=O)CCCCCCCCCCCCCCCCCCCCC/C=C\C/C=C\CCCCCCC)OC(=O)CCCCCCCCCCCCCCCCCCCCCCCC. The fraction of sp³-hybridized carbons (Fsp3) is 0.882. The molecule has 0 aromatic carbocycles. The van der Waals surface area contributed by atoms with Crippen molar-refractivity contribution in [1.29, 1.82) is 0 Å². The van der Waals surface area contributed by atoms with Gasteiger partial charge in [0.1, 0.15) is 13.2 Å². The van der Waals surface area contributed by atoms with Crippen LogP contribution in [0, 0.1) is 0 Å². The molecule has 82 heavy (non-hydrogen) atoms. The van der Waals surface area contributed by atoms with Gasteiger partial charge in [-0.15, -0.1) is 0 Å². The number of allylic oxidation sites excluding steroid dienone is 6. The number of ether oxygens (including phenoxy) is 3. The minimum absolute atomic E-state index is 0.0685.